The van der Waals surface area contributed by atoms with Gasteiger partial charge < -0.3 is 19.0 Å². The highest BCUT2D eigenvalue weighted by Gasteiger charge is 2.20. The second-order valence-electron chi connectivity index (χ2n) is 5.22. The van der Waals surface area contributed by atoms with Gasteiger partial charge in [-0.1, -0.05) is 6.07 Å². The summed E-state index contributed by atoms with van der Waals surface area (Å²) >= 11 is 0. The lowest BCUT2D eigenvalue weighted by Gasteiger charge is -2.06. The SMILES string of the molecule is CCOC(=O)c1cn2cc(CO)ccc2c1-c1ccc(OC)nc1. The molecule has 3 aromatic heterocycles. The highest BCUT2D eigenvalue weighted by atomic mass is 16.5. The molecule has 0 saturated heterocycles. The average Bonchev–Trinajstić information content (AvgIpc) is 3.00. The maximum Gasteiger partial charge on any atom is 0.340 e. The number of carbonyl (C=O) groups is 1. The van der Waals surface area contributed by atoms with Crippen LogP contribution in [0.3, 0.4) is 0 Å². The van der Waals surface area contributed by atoms with Crippen molar-refractivity contribution in [1.29, 1.82) is 0 Å². The summed E-state index contributed by atoms with van der Waals surface area (Å²) < 4.78 is 12.1. The molecule has 0 saturated carbocycles. The standard InChI is InChI=1S/C18H18N2O4/c1-3-24-18(22)14-10-20-9-12(11-21)4-6-15(20)17(14)13-5-7-16(23-2)19-8-13/h4-10,21H,3,11H2,1-2H3. The van der Waals surface area contributed by atoms with Crippen molar-refractivity contribution in [3.63, 3.8) is 0 Å². The molecule has 0 aliphatic heterocycles. The fraction of sp³-hybridized carbons (Fsp3) is 0.222. The smallest absolute Gasteiger partial charge is 0.340 e. The lowest BCUT2D eigenvalue weighted by Crippen LogP contribution is -2.04. The van der Waals surface area contributed by atoms with Crippen molar-refractivity contribution in [1.82, 2.24) is 9.38 Å². The van der Waals surface area contributed by atoms with E-state index in [0.29, 0.717) is 18.1 Å². The van der Waals surface area contributed by atoms with E-state index in [1.54, 1.807) is 38.7 Å². The van der Waals surface area contributed by atoms with Gasteiger partial charge in [-0.25, -0.2) is 9.78 Å². The van der Waals surface area contributed by atoms with Crippen LogP contribution in [0.2, 0.25) is 0 Å². The topological polar surface area (TPSA) is 73.1 Å². The number of hydrogen-bond donors (Lipinski definition) is 1. The van der Waals surface area contributed by atoms with Gasteiger partial charge in [0.25, 0.3) is 0 Å². The van der Waals surface area contributed by atoms with E-state index in [9.17, 15) is 9.90 Å². The van der Waals surface area contributed by atoms with E-state index in [1.807, 2.05) is 22.6 Å². The van der Waals surface area contributed by atoms with Crippen molar-refractivity contribution in [3.05, 3.63) is 54.0 Å². The Labute approximate surface area is 139 Å². The van der Waals surface area contributed by atoms with Crippen LogP contribution >= 0.6 is 0 Å². The van der Waals surface area contributed by atoms with Crippen molar-refractivity contribution in [3.8, 4) is 17.0 Å². The largest absolute Gasteiger partial charge is 0.481 e. The van der Waals surface area contributed by atoms with E-state index < -0.39 is 5.97 Å². The fourth-order valence-electron chi connectivity index (χ4n) is 2.63. The van der Waals surface area contributed by atoms with Crippen LogP contribution in [-0.4, -0.2) is 34.2 Å². The zero-order valence-electron chi connectivity index (χ0n) is 13.5. The number of aliphatic hydroxyl groups excluding tert-OH is 1. The predicted molar refractivity (Wildman–Crippen MR) is 89.1 cm³/mol. The second kappa shape index (κ2) is 6.72. The summed E-state index contributed by atoms with van der Waals surface area (Å²) in [6, 6.07) is 7.29. The van der Waals surface area contributed by atoms with Crippen LogP contribution in [0.15, 0.2) is 42.9 Å². The van der Waals surface area contributed by atoms with Crippen LogP contribution in [0.4, 0.5) is 0 Å². The maximum atomic E-state index is 12.4. The normalized spacial score (nSPS) is 10.8. The van der Waals surface area contributed by atoms with Crippen LogP contribution in [-0.2, 0) is 11.3 Å². The summed E-state index contributed by atoms with van der Waals surface area (Å²) in [5.74, 6) is 0.111. The molecule has 24 heavy (non-hydrogen) atoms. The molecule has 0 amide bonds. The van der Waals surface area contributed by atoms with E-state index in [1.165, 1.54) is 0 Å². The van der Waals surface area contributed by atoms with Crippen molar-refractivity contribution >= 4 is 11.5 Å². The van der Waals surface area contributed by atoms with Gasteiger partial charge in [-0.15, -0.1) is 0 Å². The Bertz CT molecular complexity index is 869. The Morgan fingerprint density at radius 1 is 1.25 bits per heavy atom. The molecule has 0 aliphatic rings. The Morgan fingerprint density at radius 2 is 2.08 bits per heavy atom. The molecule has 0 spiro atoms. The number of esters is 1. The summed E-state index contributed by atoms with van der Waals surface area (Å²) in [6.45, 7) is 2.00. The lowest BCUT2D eigenvalue weighted by atomic mass is 10.0. The fourth-order valence-corrected chi connectivity index (χ4v) is 2.63. The zero-order chi connectivity index (χ0) is 17.1. The first-order valence-corrected chi connectivity index (χ1v) is 7.60. The van der Waals surface area contributed by atoms with Crippen molar-refractivity contribution in [2.75, 3.05) is 13.7 Å². The number of hydrogen-bond acceptors (Lipinski definition) is 5. The molecule has 0 aliphatic carbocycles. The zero-order valence-corrected chi connectivity index (χ0v) is 13.5. The summed E-state index contributed by atoms with van der Waals surface area (Å²) in [7, 11) is 1.55. The predicted octanol–water partition coefficient (Wildman–Crippen LogP) is 2.68. The minimum Gasteiger partial charge on any atom is -0.481 e. The van der Waals surface area contributed by atoms with Gasteiger partial charge in [-0.3, -0.25) is 0 Å². The van der Waals surface area contributed by atoms with Crippen molar-refractivity contribution < 1.29 is 19.4 Å². The molecule has 0 aromatic carbocycles. The first-order valence-electron chi connectivity index (χ1n) is 7.60. The number of ether oxygens (including phenoxy) is 2. The van der Waals surface area contributed by atoms with E-state index in [2.05, 4.69) is 4.98 Å². The van der Waals surface area contributed by atoms with E-state index >= 15 is 0 Å². The minimum atomic E-state index is -0.391. The first-order chi connectivity index (χ1) is 11.7. The van der Waals surface area contributed by atoms with Crippen LogP contribution in [0.5, 0.6) is 5.88 Å². The molecule has 0 unspecified atom stereocenters. The highest BCUT2D eigenvalue weighted by molar-refractivity contribution is 6.02. The number of aromatic nitrogens is 2. The maximum absolute atomic E-state index is 12.4. The van der Waals surface area contributed by atoms with Gasteiger partial charge in [0.05, 0.1) is 31.4 Å². The quantitative estimate of drug-likeness (QED) is 0.730. The second-order valence-corrected chi connectivity index (χ2v) is 5.22. The summed E-state index contributed by atoms with van der Waals surface area (Å²) in [6.07, 6.45) is 5.17. The Hall–Kier alpha value is -2.86. The third-order valence-corrected chi connectivity index (χ3v) is 3.74. The van der Waals surface area contributed by atoms with Gasteiger partial charge in [-0.2, -0.15) is 0 Å². The van der Waals surface area contributed by atoms with Gasteiger partial charge >= 0.3 is 5.97 Å². The summed E-state index contributed by atoms with van der Waals surface area (Å²) in [4.78, 5) is 16.6. The lowest BCUT2D eigenvalue weighted by molar-refractivity contribution is 0.0527. The molecule has 3 heterocycles. The average molecular weight is 326 g/mol. The van der Waals surface area contributed by atoms with Crippen LogP contribution in [0, 0.1) is 0 Å². The van der Waals surface area contributed by atoms with Crippen LogP contribution in [0.25, 0.3) is 16.6 Å². The number of methoxy groups -OCH3 is 1. The number of rotatable bonds is 5. The molecule has 0 radical (unpaired) electrons. The van der Waals surface area contributed by atoms with E-state index in [-0.39, 0.29) is 6.61 Å². The molecule has 1 N–H and O–H groups in total. The molecule has 0 fully saturated rings. The van der Waals surface area contributed by atoms with Gasteiger partial charge in [0.1, 0.15) is 0 Å². The third kappa shape index (κ3) is 2.83. The summed E-state index contributed by atoms with van der Waals surface area (Å²) in [5.41, 5.74) is 3.58. The first kappa shape index (κ1) is 16.0. The van der Waals surface area contributed by atoms with Crippen molar-refractivity contribution in [2.45, 2.75) is 13.5 Å². The molecule has 124 valence electrons. The molecular weight excluding hydrogens is 308 g/mol. The number of aliphatic hydroxyl groups is 1. The number of pyridine rings is 2. The van der Waals surface area contributed by atoms with E-state index in [0.717, 1.165) is 22.2 Å². The highest BCUT2D eigenvalue weighted by Crippen LogP contribution is 2.31. The summed E-state index contributed by atoms with van der Waals surface area (Å²) in [5, 5.41) is 9.31. The molecule has 6 heteroatoms. The Balaban J connectivity index is 2.21. The molecule has 6 nitrogen and oxygen atoms in total. The molecule has 0 atom stereocenters. The van der Waals surface area contributed by atoms with Crippen LogP contribution in [0.1, 0.15) is 22.8 Å². The molecular formula is C18H18N2O4. The van der Waals surface area contributed by atoms with Crippen molar-refractivity contribution in [2.24, 2.45) is 0 Å². The third-order valence-electron chi connectivity index (χ3n) is 3.74. The van der Waals surface area contributed by atoms with Crippen LogP contribution < -0.4 is 4.74 Å². The molecule has 0 bridgehead atoms. The monoisotopic (exact) mass is 326 g/mol. The number of carbonyl (C=O) groups excluding carboxylic acids is 1. The molecule has 3 aromatic rings. The van der Waals surface area contributed by atoms with E-state index in [4.69, 9.17) is 9.47 Å². The number of fused-ring (bicyclic) bond motifs is 1. The van der Waals surface area contributed by atoms with Gasteiger partial charge in [0, 0.05) is 35.8 Å². The Kier molecular flexibility index (Phi) is 4.48. The van der Waals surface area contributed by atoms with Gasteiger partial charge in [0.15, 0.2) is 0 Å². The molecule has 3 rings (SSSR count). The van der Waals surface area contributed by atoms with Gasteiger partial charge in [-0.05, 0) is 24.6 Å². The Morgan fingerprint density at radius 3 is 2.71 bits per heavy atom. The number of nitrogens with zero attached hydrogens (tertiary/aromatic N) is 2. The minimum absolute atomic E-state index is 0.0672. The van der Waals surface area contributed by atoms with Gasteiger partial charge in [0.2, 0.25) is 5.88 Å².